The maximum atomic E-state index is 12.3. The highest BCUT2D eigenvalue weighted by molar-refractivity contribution is 5.22. The molecule has 110 valence electrons. The molecule has 1 aromatic heterocycles. The zero-order valence-corrected chi connectivity index (χ0v) is 12.6. The first kappa shape index (κ1) is 14.0. The van der Waals surface area contributed by atoms with Crippen molar-refractivity contribution in [2.24, 2.45) is 0 Å². The van der Waals surface area contributed by atoms with Gasteiger partial charge >= 0.3 is 0 Å². The van der Waals surface area contributed by atoms with Crippen molar-refractivity contribution < 1.29 is 0 Å². The van der Waals surface area contributed by atoms with Crippen LogP contribution < -0.4 is 5.56 Å². The van der Waals surface area contributed by atoms with Gasteiger partial charge in [-0.2, -0.15) is 0 Å². The van der Waals surface area contributed by atoms with Crippen LogP contribution in [0.15, 0.2) is 35.1 Å². The molecular formula is C17H21N3O. The SMILES string of the molecule is CC(C)c1nc2c(c(=O)[nH]1)CN(Cc1ccccc1)CC2. The molecule has 21 heavy (non-hydrogen) atoms. The van der Waals surface area contributed by atoms with Gasteiger partial charge < -0.3 is 4.98 Å². The lowest BCUT2D eigenvalue weighted by Gasteiger charge is -2.28. The number of H-pyrrole nitrogens is 1. The molecule has 0 radical (unpaired) electrons. The van der Waals surface area contributed by atoms with Gasteiger partial charge in [-0.25, -0.2) is 4.98 Å². The van der Waals surface area contributed by atoms with E-state index < -0.39 is 0 Å². The average Bonchev–Trinajstić information content (AvgIpc) is 2.48. The van der Waals surface area contributed by atoms with Crippen LogP contribution in [0.2, 0.25) is 0 Å². The molecule has 0 fully saturated rings. The third kappa shape index (κ3) is 3.05. The molecule has 0 saturated heterocycles. The third-order valence-electron chi connectivity index (χ3n) is 3.96. The van der Waals surface area contributed by atoms with Crippen molar-refractivity contribution in [1.29, 1.82) is 0 Å². The van der Waals surface area contributed by atoms with E-state index in [1.165, 1.54) is 5.56 Å². The van der Waals surface area contributed by atoms with Crippen LogP contribution in [-0.2, 0) is 19.5 Å². The van der Waals surface area contributed by atoms with E-state index in [2.05, 4.69) is 53.0 Å². The van der Waals surface area contributed by atoms with Crippen molar-refractivity contribution in [3.05, 3.63) is 63.3 Å². The Kier molecular flexibility index (Phi) is 3.88. The zero-order valence-electron chi connectivity index (χ0n) is 12.6. The predicted octanol–water partition coefficient (Wildman–Crippen LogP) is 2.45. The summed E-state index contributed by atoms with van der Waals surface area (Å²) in [4.78, 5) is 22.1. The number of aromatic amines is 1. The second-order valence-electron chi connectivity index (χ2n) is 5.98. The number of aromatic nitrogens is 2. The van der Waals surface area contributed by atoms with Gasteiger partial charge in [0.1, 0.15) is 5.82 Å². The van der Waals surface area contributed by atoms with E-state index in [9.17, 15) is 4.79 Å². The summed E-state index contributed by atoms with van der Waals surface area (Å²) in [5, 5.41) is 0. The van der Waals surface area contributed by atoms with Crippen molar-refractivity contribution in [2.45, 2.75) is 39.3 Å². The summed E-state index contributed by atoms with van der Waals surface area (Å²) >= 11 is 0. The molecule has 1 N–H and O–H groups in total. The zero-order chi connectivity index (χ0) is 14.8. The van der Waals surface area contributed by atoms with Crippen LogP contribution in [0, 0.1) is 0 Å². The van der Waals surface area contributed by atoms with E-state index in [0.29, 0.717) is 6.54 Å². The standard InChI is InChI=1S/C17H21N3O/c1-12(2)16-18-15-8-9-20(11-14(15)17(21)19-16)10-13-6-4-3-5-7-13/h3-7,12H,8-11H2,1-2H3,(H,18,19,21). The minimum absolute atomic E-state index is 0.0291. The Balaban J connectivity index is 1.81. The predicted molar refractivity (Wildman–Crippen MR) is 83.2 cm³/mol. The lowest BCUT2D eigenvalue weighted by molar-refractivity contribution is 0.241. The molecule has 0 atom stereocenters. The van der Waals surface area contributed by atoms with Crippen molar-refractivity contribution in [1.82, 2.24) is 14.9 Å². The van der Waals surface area contributed by atoms with E-state index >= 15 is 0 Å². The molecule has 3 rings (SSSR count). The first-order valence-corrected chi connectivity index (χ1v) is 7.51. The topological polar surface area (TPSA) is 49.0 Å². The van der Waals surface area contributed by atoms with Crippen LogP contribution in [0.4, 0.5) is 0 Å². The van der Waals surface area contributed by atoms with Crippen molar-refractivity contribution in [3.63, 3.8) is 0 Å². The first-order chi connectivity index (χ1) is 10.1. The molecule has 0 aliphatic carbocycles. The Morgan fingerprint density at radius 2 is 2.05 bits per heavy atom. The molecule has 0 unspecified atom stereocenters. The quantitative estimate of drug-likeness (QED) is 0.941. The molecule has 2 aromatic rings. The summed E-state index contributed by atoms with van der Waals surface area (Å²) in [7, 11) is 0. The highest BCUT2D eigenvalue weighted by Crippen LogP contribution is 2.18. The number of hydrogen-bond acceptors (Lipinski definition) is 3. The van der Waals surface area contributed by atoms with Gasteiger partial charge in [0.15, 0.2) is 0 Å². The number of benzene rings is 1. The second kappa shape index (κ2) is 5.82. The molecule has 1 aliphatic rings. The van der Waals surface area contributed by atoms with Gasteiger partial charge in [-0.1, -0.05) is 44.2 Å². The second-order valence-corrected chi connectivity index (χ2v) is 5.98. The molecular weight excluding hydrogens is 262 g/mol. The minimum atomic E-state index is 0.0291. The Morgan fingerprint density at radius 1 is 1.29 bits per heavy atom. The lowest BCUT2D eigenvalue weighted by atomic mass is 10.1. The van der Waals surface area contributed by atoms with Crippen LogP contribution in [-0.4, -0.2) is 21.4 Å². The van der Waals surface area contributed by atoms with Crippen LogP contribution in [0.1, 0.15) is 42.4 Å². The van der Waals surface area contributed by atoms with E-state index in [1.807, 2.05) is 6.07 Å². The number of fused-ring (bicyclic) bond motifs is 1. The van der Waals surface area contributed by atoms with E-state index in [-0.39, 0.29) is 11.5 Å². The van der Waals surface area contributed by atoms with E-state index in [4.69, 9.17) is 0 Å². The molecule has 0 spiro atoms. The first-order valence-electron chi connectivity index (χ1n) is 7.51. The minimum Gasteiger partial charge on any atom is -0.310 e. The molecule has 1 aromatic carbocycles. The highest BCUT2D eigenvalue weighted by atomic mass is 16.1. The molecule has 0 amide bonds. The summed E-state index contributed by atoms with van der Waals surface area (Å²) in [6.07, 6.45) is 0.853. The van der Waals surface area contributed by atoms with Crippen molar-refractivity contribution in [3.8, 4) is 0 Å². The maximum absolute atomic E-state index is 12.3. The van der Waals surface area contributed by atoms with Crippen molar-refractivity contribution in [2.75, 3.05) is 6.54 Å². The molecule has 2 heterocycles. The van der Waals surface area contributed by atoms with Gasteiger partial charge in [0.25, 0.3) is 5.56 Å². The fourth-order valence-electron chi connectivity index (χ4n) is 2.75. The van der Waals surface area contributed by atoms with Gasteiger partial charge in [-0.15, -0.1) is 0 Å². The van der Waals surface area contributed by atoms with E-state index in [1.54, 1.807) is 0 Å². The molecule has 4 heteroatoms. The summed E-state index contributed by atoms with van der Waals surface area (Å²) in [6.45, 7) is 6.62. The van der Waals surface area contributed by atoms with Crippen LogP contribution in [0.25, 0.3) is 0 Å². The number of nitrogens with one attached hydrogen (secondary N) is 1. The lowest BCUT2D eigenvalue weighted by Crippen LogP contribution is -2.35. The Hall–Kier alpha value is -1.94. The van der Waals surface area contributed by atoms with Crippen LogP contribution >= 0.6 is 0 Å². The number of hydrogen-bond donors (Lipinski definition) is 1. The smallest absolute Gasteiger partial charge is 0.255 e. The normalized spacial score (nSPS) is 15.2. The molecule has 0 saturated carbocycles. The van der Waals surface area contributed by atoms with Crippen LogP contribution in [0.3, 0.4) is 0 Å². The fraction of sp³-hybridized carbons (Fsp3) is 0.412. The number of nitrogens with zero attached hydrogens (tertiary/aromatic N) is 2. The average molecular weight is 283 g/mol. The Bertz CT molecular complexity index is 676. The third-order valence-corrected chi connectivity index (χ3v) is 3.96. The van der Waals surface area contributed by atoms with Gasteiger partial charge in [0, 0.05) is 32.0 Å². The molecule has 4 nitrogen and oxygen atoms in total. The summed E-state index contributed by atoms with van der Waals surface area (Å²) < 4.78 is 0. The largest absolute Gasteiger partial charge is 0.310 e. The summed E-state index contributed by atoms with van der Waals surface area (Å²) in [5.41, 5.74) is 3.12. The monoisotopic (exact) mass is 283 g/mol. The van der Waals surface area contributed by atoms with Crippen LogP contribution in [0.5, 0.6) is 0 Å². The molecule has 1 aliphatic heterocycles. The summed E-state index contributed by atoms with van der Waals surface area (Å²) in [6, 6.07) is 10.4. The van der Waals surface area contributed by atoms with Crippen molar-refractivity contribution >= 4 is 0 Å². The van der Waals surface area contributed by atoms with Gasteiger partial charge in [-0.05, 0) is 5.56 Å². The maximum Gasteiger partial charge on any atom is 0.255 e. The van der Waals surface area contributed by atoms with E-state index in [0.717, 1.165) is 36.6 Å². The Labute approximate surface area is 124 Å². The van der Waals surface area contributed by atoms with Gasteiger partial charge in [0.2, 0.25) is 0 Å². The molecule has 0 bridgehead atoms. The summed E-state index contributed by atoms with van der Waals surface area (Å²) in [5.74, 6) is 1.06. The highest BCUT2D eigenvalue weighted by Gasteiger charge is 2.21. The Morgan fingerprint density at radius 3 is 2.76 bits per heavy atom. The number of rotatable bonds is 3. The van der Waals surface area contributed by atoms with Gasteiger partial charge in [0.05, 0.1) is 11.3 Å². The fourth-order valence-corrected chi connectivity index (χ4v) is 2.75. The van der Waals surface area contributed by atoms with Gasteiger partial charge in [-0.3, -0.25) is 9.69 Å².